The van der Waals surface area contributed by atoms with E-state index in [0.717, 1.165) is 0 Å². The van der Waals surface area contributed by atoms with Crippen LogP contribution in [-0.2, 0) is 24.2 Å². The molecule has 0 aromatic carbocycles. The summed E-state index contributed by atoms with van der Waals surface area (Å²) in [5.41, 5.74) is 5.31. The fraction of sp³-hybridized carbons (Fsp3) is 0.333. The van der Waals surface area contributed by atoms with Crippen LogP contribution in [0.4, 0.5) is 19.0 Å². The molecule has 23 heavy (non-hydrogen) atoms. The zero-order valence-electron chi connectivity index (χ0n) is 11.5. The van der Waals surface area contributed by atoms with E-state index in [1.165, 1.54) is 12.3 Å². The van der Waals surface area contributed by atoms with Gasteiger partial charge >= 0.3 is 18.1 Å². The number of alkyl halides is 3. The number of anilines is 1. The van der Waals surface area contributed by atoms with Crippen LogP contribution in [0, 0.1) is 0 Å². The number of hydrogen-bond acceptors (Lipinski definition) is 7. The predicted octanol–water partition coefficient (Wildman–Crippen LogP) is 0.691. The fourth-order valence-electron chi connectivity index (χ4n) is 1.23. The molecule has 126 valence electrons. The minimum Gasteiger partial charge on any atom is -0.318 e. The lowest BCUT2D eigenvalue weighted by atomic mass is 10.1. The van der Waals surface area contributed by atoms with Crippen molar-refractivity contribution in [2.45, 2.75) is 25.1 Å². The Bertz CT molecular complexity index is 565. The van der Waals surface area contributed by atoms with E-state index in [0.29, 0.717) is 0 Å². The van der Waals surface area contributed by atoms with E-state index in [4.69, 9.17) is 5.73 Å². The first-order valence-electron chi connectivity index (χ1n) is 6.16. The molecule has 1 rings (SSSR count). The Hall–Kier alpha value is -2.69. The van der Waals surface area contributed by atoms with Crippen LogP contribution in [0.1, 0.15) is 12.8 Å². The summed E-state index contributed by atoms with van der Waals surface area (Å²) in [7, 11) is 0. The van der Waals surface area contributed by atoms with E-state index in [2.05, 4.69) is 20.1 Å². The third-order valence-corrected chi connectivity index (χ3v) is 2.35. The van der Waals surface area contributed by atoms with Crippen LogP contribution in [0.15, 0.2) is 24.4 Å². The van der Waals surface area contributed by atoms with E-state index in [9.17, 15) is 27.6 Å². The van der Waals surface area contributed by atoms with E-state index in [1.54, 1.807) is 12.1 Å². The van der Waals surface area contributed by atoms with Crippen LogP contribution >= 0.6 is 0 Å². The van der Waals surface area contributed by atoms with Gasteiger partial charge in [0.05, 0.1) is 0 Å². The summed E-state index contributed by atoms with van der Waals surface area (Å²) in [4.78, 5) is 43.9. The second kappa shape index (κ2) is 8.08. The van der Waals surface area contributed by atoms with Crippen LogP contribution < -0.4 is 11.1 Å². The van der Waals surface area contributed by atoms with Gasteiger partial charge in [0.1, 0.15) is 11.9 Å². The van der Waals surface area contributed by atoms with E-state index >= 15 is 0 Å². The van der Waals surface area contributed by atoms with Crippen LogP contribution in [0.2, 0.25) is 0 Å². The number of pyridine rings is 1. The number of aromatic nitrogens is 1. The Morgan fingerprint density at radius 1 is 1.26 bits per heavy atom. The van der Waals surface area contributed by atoms with E-state index < -0.39 is 30.1 Å². The van der Waals surface area contributed by atoms with Crippen LogP contribution in [-0.4, -0.2) is 35.0 Å². The number of carbonyl (C=O) groups is 3. The molecule has 0 spiro atoms. The van der Waals surface area contributed by atoms with Crippen LogP contribution in [0.3, 0.4) is 0 Å². The molecule has 0 saturated heterocycles. The molecule has 0 unspecified atom stereocenters. The molecule has 0 aliphatic heterocycles. The summed E-state index contributed by atoms with van der Waals surface area (Å²) >= 11 is 0. The van der Waals surface area contributed by atoms with Crippen molar-refractivity contribution in [2.24, 2.45) is 5.73 Å². The highest BCUT2D eigenvalue weighted by molar-refractivity contribution is 5.90. The average molecular weight is 335 g/mol. The zero-order valence-corrected chi connectivity index (χ0v) is 11.5. The summed E-state index contributed by atoms with van der Waals surface area (Å²) in [5.74, 6) is -4.33. The molecule has 3 N–H and O–H groups in total. The van der Waals surface area contributed by atoms with Gasteiger partial charge < -0.3 is 11.1 Å². The number of halogens is 3. The first-order valence-corrected chi connectivity index (χ1v) is 6.16. The van der Waals surface area contributed by atoms with Crippen molar-refractivity contribution in [1.82, 2.24) is 4.98 Å². The summed E-state index contributed by atoms with van der Waals surface area (Å²) < 4.78 is 35.4. The minimum atomic E-state index is -5.30. The predicted molar refractivity (Wildman–Crippen MR) is 68.3 cm³/mol. The van der Waals surface area contributed by atoms with Gasteiger partial charge in [-0.05, 0) is 18.6 Å². The van der Waals surface area contributed by atoms with Crippen molar-refractivity contribution in [3.63, 3.8) is 0 Å². The van der Waals surface area contributed by atoms with Crippen molar-refractivity contribution in [2.75, 3.05) is 5.32 Å². The Morgan fingerprint density at radius 2 is 1.96 bits per heavy atom. The van der Waals surface area contributed by atoms with Gasteiger partial charge in [-0.3, -0.25) is 4.79 Å². The van der Waals surface area contributed by atoms with Gasteiger partial charge in [0.15, 0.2) is 0 Å². The van der Waals surface area contributed by atoms with Gasteiger partial charge in [0.25, 0.3) is 0 Å². The van der Waals surface area contributed by atoms with Gasteiger partial charge in [0, 0.05) is 12.6 Å². The number of amides is 1. The van der Waals surface area contributed by atoms with E-state index in [-0.39, 0.29) is 18.7 Å². The van der Waals surface area contributed by atoms with E-state index in [1.807, 2.05) is 0 Å². The molecule has 0 aliphatic carbocycles. The molecule has 1 atom stereocenters. The lowest BCUT2D eigenvalue weighted by Gasteiger charge is -2.10. The highest BCUT2D eigenvalue weighted by Gasteiger charge is 2.43. The average Bonchev–Trinajstić information content (AvgIpc) is 2.49. The second-order valence-electron chi connectivity index (χ2n) is 4.18. The highest BCUT2D eigenvalue weighted by atomic mass is 19.4. The third-order valence-electron chi connectivity index (χ3n) is 2.35. The molecule has 0 fully saturated rings. The molecule has 1 amide bonds. The number of nitrogens with zero attached hydrogens (tertiary/aromatic N) is 1. The molecule has 0 bridgehead atoms. The first-order chi connectivity index (χ1) is 10.7. The normalized spacial score (nSPS) is 12.2. The maximum Gasteiger partial charge on any atom is 0.495 e. The topological polar surface area (TPSA) is 121 Å². The Morgan fingerprint density at radius 3 is 2.52 bits per heavy atom. The molecular formula is C12H12F3N3O5. The zero-order chi connectivity index (χ0) is 17.5. The molecule has 0 aliphatic rings. The lowest BCUT2D eigenvalue weighted by molar-refractivity contribution is -0.286. The summed E-state index contributed by atoms with van der Waals surface area (Å²) in [6, 6.07) is 3.37. The molecule has 8 nitrogen and oxygen atoms in total. The third kappa shape index (κ3) is 6.74. The quantitative estimate of drug-likeness (QED) is 0.600. The number of nitrogens with one attached hydrogen (secondary N) is 1. The van der Waals surface area contributed by atoms with Crippen molar-refractivity contribution in [3.8, 4) is 0 Å². The Kier molecular flexibility index (Phi) is 6.45. The number of carbonyl (C=O) groups excluding carboxylic acids is 3. The van der Waals surface area contributed by atoms with Gasteiger partial charge in [-0.1, -0.05) is 6.07 Å². The van der Waals surface area contributed by atoms with Crippen molar-refractivity contribution in [1.29, 1.82) is 0 Å². The van der Waals surface area contributed by atoms with Gasteiger partial charge in [0.2, 0.25) is 5.91 Å². The summed E-state index contributed by atoms with van der Waals surface area (Å²) in [6.45, 7) is 0. The standard InChI is InChI=1S/C12H12F3N3O5/c13-12(14,15)11(21)23-22-10(20)7(16)4-5-9(19)18-8-3-1-2-6-17-8/h1-3,6-7H,4-5,16H2,(H,17,18,19)/t7-/m0/s1. The number of nitrogens with two attached hydrogens (primary N) is 1. The van der Waals surface area contributed by atoms with Gasteiger partial charge in [-0.25, -0.2) is 24.3 Å². The van der Waals surface area contributed by atoms with Crippen molar-refractivity contribution in [3.05, 3.63) is 24.4 Å². The minimum absolute atomic E-state index is 0.222. The Labute approximate surface area is 127 Å². The fourth-order valence-corrected chi connectivity index (χ4v) is 1.23. The maximum absolute atomic E-state index is 11.8. The molecule has 1 aromatic heterocycles. The molecule has 11 heteroatoms. The second-order valence-corrected chi connectivity index (χ2v) is 4.18. The summed E-state index contributed by atoms with van der Waals surface area (Å²) in [6.07, 6.45) is -4.30. The first kappa shape index (κ1) is 18.4. The molecule has 0 radical (unpaired) electrons. The maximum atomic E-state index is 11.8. The SMILES string of the molecule is N[C@@H](CCC(=O)Nc1ccccn1)C(=O)OOC(=O)C(F)(F)F. The van der Waals surface area contributed by atoms with Gasteiger partial charge in [-0.2, -0.15) is 13.2 Å². The largest absolute Gasteiger partial charge is 0.495 e. The van der Waals surface area contributed by atoms with Crippen molar-refractivity contribution >= 4 is 23.7 Å². The Balaban J connectivity index is 2.32. The molecule has 1 heterocycles. The number of hydrogen-bond donors (Lipinski definition) is 2. The number of rotatable bonds is 5. The molecule has 1 aromatic rings. The molecule has 0 saturated carbocycles. The highest BCUT2D eigenvalue weighted by Crippen LogP contribution is 2.16. The molecular weight excluding hydrogens is 323 g/mol. The monoisotopic (exact) mass is 335 g/mol. The van der Waals surface area contributed by atoms with Crippen LogP contribution in [0.5, 0.6) is 0 Å². The van der Waals surface area contributed by atoms with Crippen LogP contribution in [0.25, 0.3) is 0 Å². The van der Waals surface area contributed by atoms with Gasteiger partial charge in [-0.15, -0.1) is 0 Å². The summed E-state index contributed by atoms with van der Waals surface area (Å²) in [5, 5.41) is 2.41. The lowest BCUT2D eigenvalue weighted by Crippen LogP contribution is -2.35. The van der Waals surface area contributed by atoms with Crippen molar-refractivity contribution < 1.29 is 37.3 Å². The smallest absolute Gasteiger partial charge is 0.318 e.